The van der Waals surface area contributed by atoms with Gasteiger partial charge in [0.1, 0.15) is 0 Å². The van der Waals surface area contributed by atoms with E-state index in [9.17, 15) is 29.4 Å². The van der Waals surface area contributed by atoms with Crippen LogP contribution in [0.5, 0.6) is 0 Å². The van der Waals surface area contributed by atoms with Crippen LogP contribution >= 0.6 is 7.82 Å². The van der Waals surface area contributed by atoms with Crippen LogP contribution in [0, 0.1) is 0 Å². The molecule has 0 spiro atoms. The van der Waals surface area contributed by atoms with Crippen molar-refractivity contribution in [3.05, 3.63) is 0 Å². The number of aliphatic hydroxyl groups excluding tert-OH is 1. The summed E-state index contributed by atoms with van der Waals surface area (Å²) in [5.74, 6) is -1.06. The predicted octanol–water partition coefficient (Wildman–Crippen LogP) is 1.79. The van der Waals surface area contributed by atoms with Crippen molar-refractivity contribution in [3.63, 3.8) is 0 Å². The molecule has 0 aliphatic rings. The Balaban J connectivity index is 4.06. The number of unbranched alkanes of at least 4 members (excludes halogenated alkanes) is 9. The smallest absolute Gasteiger partial charge is 0.0886 e. The highest BCUT2D eigenvalue weighted by molar-refractivity contribution is 7.43. The Hall–Kier alpha value is -0.460. The Morgan fingerprint density at radius 1 is 0.923 bits per heavy atom. The predicted molar refractivity (Wildman–Crippen MR) is 93.8 cm³/mol. The molecule has 26 heavy (non-hydrogen) atoms. The van der Waals surface area contributed by atoms with E-state index in [1.165, 1.54) is 6.42 Å². The van der Waals surface area contributed by atoms with Crippen molar-refractivity contribution < 1.29 is 33.9 Å². The van der Waals surface area contributed by atoms with Crippen LogP contribution < -0.4 is 14.9 Å². The van der Waals surface area contributed by atoms with Crippen molar-refractivity contribution in [2.45, 2.75) is 109 Å². The maximum Gasteiger partial charge on any atom is 0.0886 e. The van der Waals surface area contributed by atoms with Gasteiger partial charge in [-0.2, -0.15) is 0 Å². The molecular weight excluding hydrogens is 359 g/mol. The third kappa shape index (κ3) is 17.0. The molecule has 2 atom stereocenters. The number of phosphoric acid groups is 1. The maximum atomic E-state index is 10.9. The lowest BCUT2D eigenvalue weighted by atomic mass is 9.99. The molecule has 0 amide bonds. The number of carboxylic acids is 1. The fourth-order valence-corrected chi connectivity index (χ4v) is 3.52. The minimum atomic E-state index is -5.14. The molecule has 0 aromatic carbocycles. The van der Waals surface area contributed by atoms with E-state index in [0.29, 0.717) is 25.7 Å². The number of aliphatic hydroxyl groups is 1. The maximum absolute atomic E-state index is 10.9. The molecule has 0 aliphatic carbocycles. The van der Waals surface area contributed by atoms with Gasteiger partial charge in [0, 0.05) is 5.97 Å². The normalized spacial score (nSPS) is 14.3. The van der Waals surface area contributed by atoms with Crippen molar-refractivity contribution >= 4 is 13.8 Å². The van der Waals surface area contributed by atoms with Gasteiger partial charge in [0.15, 0.2) is 0 Å². The van der Waals surface area contributed by atoms with Gasteiger partial charge in [-0.1, -0.05) is 71.1 Å². The topological polar surface area (TPSA) is 133 Å². The largest absolute Gasteiger partial charge is 0.790 e. The van der Waals surface area contributed by atoms with Gasteiger partial charge in [-0.05, 0) is 25.7 Å². The molecule has 0 radical (unpaired) electrons. The van der Waals surface area contributed by atoms with Crippen LogP contribution in [0.1, 0.15) is 96.8 Å². The number of rotatable bonds is 18. The van der Waals surface area contributed by atoms with E-state index in [0.717, 1.165) is 51.4 Å². The van der Waals surface area contributed by atoms with Crippen LogP contribution in [-0.4, -0.2) is 23.3 Å². The highest BCUT2D eigenvalue weighted by Crippen LogP contribution is 2.31. The molecule has 0 saturated carbocycles. The first-order valence-corrected chi connectivity index (χ1v) is 11.3. The molecule has 0 unspecified atom stereocenters. The van der Waals surface area contributed by atoms with E-state index in [-0.39, 0.29) is 6.42 Å². The average molecular weight is 393 g/mol. The Bertz CT molecular complexity index is 397. The van der Waals surface area contributed by atoms with Crippen molar-refractivity contribution in [2.24, 2.45) is 0 Å². The zero-order valence-corrected chi connectivity index (χ0v) is 16.8. The lowest BCUT2D eigenvalue weighted by Crippen LogP contribution is -2.32. The minimum absolute atomic E-state index is 0.0399. The number of hydrogen-bond acceptors (Lipinski definition) is 7. The molecule has 0 heterocycles. The summed E-state index contributed by atoms with van der Waals surface area (Å²) >= 11 is 0. The molecular formula is C18H34O7P-3. The van der Waals surface area contributed by atoms with Gasteiger partial charge in [0.25, 0.3) is 0 Å². The van der Waals surface area contributed by atoms with E-state index < -0.39 is 26.0 Å². The van der Waals surface area contributed by atoms with Gasteiger partial charge < -0.3 is 33.9 Å². The van der Waals surface area contributed by atoms with E-state index in [2.05, 4.69) is 11.4 Å². The third-order valence-electron chi connectivity index (χ3n) is 4.42. The molecule has 0 aromatic heterocycles. The summed E-state index contributed by atoms with van der Waals surface area (Å²) in [7, 11) is -5.14. The zero-order chi connectivity index (χ0) is 19.8. The molecule has 0 rings (SSSR count). The zero-order valence-electron chi connectivity index (χ0n) is 15.9. The first-order valence-electron chi connectivity index (χ1n) is 9.84. The Morgan fingerprint density at radius 3 is 1.96 bits per heavy atom. The summed E-state index contributed by atoms with van der Waals surface area (Å²) < 4.78 is 15.5. The quantitative estimate of drug-likeness (QED) is 0.277. The molecule has 0 fully saturated rings. The van der Waals surface area contributed by atoms with Crippen LogP contribution in [0.4, 0.5) is 0 Å². The summed E-state index contributed by atoms with van der Waals surface area (Å²) in [5.41, 5.74) is 0. The van der Waals surface area contributed by atoms with Crippen LogP contribution in [0.2, 0.25) is 0 Å². The van der Waals surface area contributed by atoms with Gasteiger partial charge in [-0.25, -0.2) is 0 Å². The highest BCUT2D eigenvalue weighted by atomic mass is 31.2. The number of hydrogen-bond donors (Lipinski definition) is 1. The third-order valence-corrected chi connectivity index (χ3v) is 4.95. The second-order valence-corrected chi connectivity index (χ2v) is 8.00. The second kappa shape index (κ2) is 15.6. The van der Waals surface area contributed by atoms with Gasteiger partial charge in [-0.15, -0.1) is 0 Å². The Morgan fingerprint density at radius 2 is 1.42 bits per heavy atom. The molecule has 1 N–H and O–H groups in total. The fourth-order valence-electron chi connectivity index (χ4n) is 2.95. The van der Waals surface area contributed by atoms with Crippen molar-refractivity contribution in [1.29, 1.82) is 0 Å². The minimum Gasteiger partial charge on any atom is -0.790 e. The molecule has 0 aromatic rings. The summed E-state index contributed by atoms with van der Waals surface area (Å²) in [6.45, 7) is 2.14. The Kier molecular flexibility index (Phi) is 15.3. The summed E-state index contributed by atoms with van der Waals surface area (Å²) in [6, 6.07) is 0. The lowest BCUT2D eigenvalue weighted by molar-refractivity contribution is -0.346. The van der Waals surface area contributed by atoms with Crippen molar-refractivity contribution in [3.8, 4) is 0 Å². The number of carbonyl (C=O) groups is 1. The summed E-state index contributed by atoms with van der Waals surface area (Å²) in [6.07, 6.45) is 8.62. The van der Waals surface area contributed by atoms with Crippen LogP contribution in [0.3, 0.4) is 0 Å². The molecule has 0 bridgehead atoms. The van der Waals surface area contributed by atoms with E-state index >= 15 is 0 Å². The van der Waals surface area contributed by atoms with Crippen molar-refractivity contribution in [2.75, 3.05) is 0 Å². The van der Waals surface area contributed by atoms with E-state index in [1.54, 1.807) is 0 Å². The standard InChI is InChI=1S/C18H37O7P/c1-2-3-4-5-7-10-13-16(19)17(25-26(22,23)24)14-11-8-6-9-12-15-18(20)21/h16-17,19H,2-15H2,1H3,(H,20,21)(H2,22,23,24)/p-3/t16-,17-/m0/s1. The molecule has 0 aliphatic heterocycles. The molecule has 156 valence electrons. The second-order valence-electron chi connectivity index (χ2n) is 6.89. The van der Waals surface area contributed by atoms with Crippen LogP contribution in [0.15, 0.2) is 0 Å². The molecule has 0 saturated heterocycles. The number of carbonyl (C=O) groups excluding carboxylic acids is 1. The summed E-state index contributed by atoms with van der Waals surface area (Å²) in [4.78, 5) is 32.1. The van der Waals surface area contributed by atoms with E-state index in [1.807, 2.05) is 0 Å². The number of carboxylic acid groups (broad SMARTS) is 1. The van der Waals surface area contributed by atoms with Gasteiger partial charge in [-0.3, -0.25) is 0 Å². The fraction of sp³-hybridized carbons (Fsp3) is 0.944. The van der Waals surface area contributed by atoms with Gasteiger partial charge in [0.2, 0.25) is 0 Å². The number of aliphatic carboxylic acids is 1. The first kappa shape index (κ1) is 25.5. The SMILES string of the molecule is CCCCCCCC[C@H](O)[C@H](CCCCCCCC(=O)[O-])OP(=O)([O-])[O-]. The van der Waals surface area contributed by atoms with Crippen LogP contribution in [0.25, 0.3) is 0 Å². The van der Waals surface area contributed by atoms with E-state index in [4.69, 9.17) is 0 Å². The number of phosphoric ester groups is 1. The lowest BCUT2D eigenvalue weighted by Gasteiger charge is -2.35. The molecule has 7 nitrogen and oxygen atoms in total. The highest BCUT2D eigenvalue weighted by Gasteiger charge is 2.20. The summed E-state index contributed by atoms with van der Waals surface area (Å²) in [5, 5.41) is 20.5. The molecule has 8 heteroatoms. The van der Waals surface area contributed by atoms with Crippen LogP contribution in [-0.2, 0) is 13.9 Å². The van der Waals surface area contributed by atoms with Gasteiger partial charge in [0.05, 0.1) is 20.0 Å². The monoisotopic (exact) mass is 393 g/mol. The Labute approximate surface area is 157 Å². The average Bonchev–Trinajstić information content (AvgIpc) is 2.54. The van der Waals surface area contributed by atoms with Crippen molar-refractivity contribution in [1.82, 2.24) is 0 Å². The van der Waals surface area contributed by atoms with Gasteiger partial charge >= 0.3 is 0 Å². The first-order chi connectivity index (χ1) is 12.3.